The number of hydrogen-bond donors (Lipinski definition) is 0. The SMILES string of the molecule is CC[Si](CC)(CC)OC(C)C(Br)=CBr. The lowest BCUT2D eigenvalue weighted by molar-refractivity contribution is 0.250. The van der Waals surface area contributed by atoms with Crippen LogP contribution in [0.2, 0.25) is 18.1 Å². The van der Waals surface area contributed by atoms with Gasteiger partial charge < -0.3 is 4.43 Å². The summed E-state index contributed by atoms with van der Waals surface area (Å²) in [5.74, 6) is 0. The minimum absolute atomic E-state index is 0.181. The van der Waals surface area contributed by atoms with Crippen molar-refractivity contribution in [3.8, 4) is 0 Å². The van der Waals surface area contributed by atoms with Crippen LogP contribution in [0.1, 0.15) is 27.7 Å². The van der Waals surface area contributed by atoms with Crippen LogP contribution in [0.4, 0.5) is 0 Å². The molecule has 0 saturated heterocycles. The van der Waals surface area contributed by atoms with Crippen LogP contribution >= 0.6 is 31.9 Å². The summed E-state index contributed by atoms with van der Waals surface area (Å²) in [6.45, 7) is 8.84. The van der Waals surface area contributed by atoms with Gasteiger partial charge in [0.1, 0.15) is 0 Å². The summed E-state index contributed by atoms with van der Waals surface area (Å²) in [7, 11) is -1.45. The highest BCUT2D eigenvalue weighted by molar-refractivity contribution is 9.14. The molecule has 0 bridgehead atoms. The summed E-state index contributed by atoms with van der Waals surface area (Å²) in [5, 5.41) is 0. The van der Waals surface area contributed by atoms with Crippen molar-refractivity contribution in [2.45, 2.75) is 51.9 Å². The molecule has 0 aliphatic carbocycles. The van der Waals surface area contributed by atoms with Gasteiger partial charge in [-0.3, -0.25) is 0 Å². The van der Waals surface area contributed by atoms with Crippen LogP contribution in [0.3, 0.4) is 0 Å². The minimum Gasteiger partial charge on any atom is -0.410 e. The largest absolute Gasteiger partial charge is 0.410 e. The number of rotatable bonds is 6. The van der Waals surface area contributed by atoms with Crippen molar-refractivity contribution in [2.75, 3.05) is 0 Å². The Kier molecular flexibility index (Phi) is 7.65. The molecule has 1 atom stereocenters. The fourth-order valence-electron chi connectivity index (χ4n) is 1.52. The van der Waals surface area contributed by atoms with E-state index in [0.717, 1.165) is 4.48 Å². The number of hydrogen-bond acceptors (Lipinski definition) is 1. The topological polar surface area (TPSA) is 9.23 Å². The van der Waals surface area contributed by atoms with Gasteiger partial charge in [-0.1, -0.05) is 52.6 Å². The Hall–Kier alpha value is 0.877. The van der Waals surface area contributed by atoms with Crippen LogP contribution in [0.25, 0.3) is 0 Å². The molecule has 0 amide bonds. The van der Waals surface area contributed by atoms with E-state index >= 15 is 0 Å². The van der Waals surface area contributed by atoms with E-state index in [4.69, 9.17) is 4.43 Å². The zero-order valence-electron chi connectivity index (χ0n) is 9.44. The molecule has 0 radical (unpaired) electrons. The van der Waals surface area contributed by atoms with Crippen molar-refractivity contribution >= 4 is 40.2 Å². The van der Waals surface area contributed by atoms with Crippen molar-refractivity contribution in [1.29, 1.82) is 0 Å². The van der Waals surface area contributed by atoms with Crippen LogP contribution < -0.4 is 0 Å². The molecule has 0 aliphatic rings. The normalized spacial score (nSPS) is 15.7. The van der Waals surface area contributed by atoms with Gasteiger partial charge in [-0.2, -0.15) is 0 Å². The summed E-state index contributed by atoms with van der Waals surface area (Å²) >= 11 is 6.81. The Morgan fingerprint density at radius 3 is 2.00 bits per heavy atom. The molecule has 0 aromatic heterocycles. The van der Waals surface area contributed by atoms with Gasteiger partial charge in [-0.05, 0) is 30.0 Å². The Balaban J connectivity index is 4.44. The maximum Gasteiger partial charge on any atom is 0.192 e. The Bertz CT molecular complexity index is 182. The molecule has 14 heavy (non-hydrogen) atoms. The summed E-state index contributed by atoms with van der Waals surface area (Å²) < 4.78 is 7.32. The third-order valence-electron chi connectivity index (χ3n) is 2.85. The minimum atomic E-state index is -1.45. The second kappa shape index (κ2) is 7.20. The monoisotopic (exact) mass is 342 g/mol. The smallest absolute Gasteiger partial charge is 0.192 e. The molecule has 4 heteroatoms. The Labute approximate surface area is 106 Å². The zero-order valence-corrected chi connectivity index (χ0v) is 13.6. The molecular formula is C10H20Br2OSi. The van der Waals surface area contributed by atoms with Crippen LogP contribution in [0, 0.1) is 0 Å². The van der Waals surface area contributed by atoms with E-state index in [0.29, 0.717) is 0 Å². The first-order chi connectivity index (χ1) is 6.55. The molecule has 1 unspecified atom stereocenters. The first-order valence-electron chi connectivity index (χ1n) is 5.18. The van der Waals surface area contributed by atoms with Gasteiger partial charge in [0.2, 0.25) is 0 Å². The predicted octanol–water partition coefficient (Wildman–Crippen LogP) is 5.03. The van der Waals surface area contributed by atoms with E-state index in [9.17, 15) is 0 Å². The first-order valence-corrected chi connectivity index (χ1v) is 9.42. The van der Waals surface area contributed by atoms with Gasteiger partial charge in [-0.15, -0.1) is 0 Å². The molecule has 0 spiro atoms. The molecule has 1 nitrogen and oxygen atoms in total. The molecular weight excluding hydrogens is 324 g/mol. The third-order valence-corrected chi connectivity index (χ3v) is 9.55. The molecule has 84 valence electrons. The highest BCUT2D eigenvalue weighted by Gasteiger charge is 2.31. The highest BCUT2D eigenvalue weighted by Crippen LogP contribution is 2.27. The van der Waals surface area contributed by atoms with Gasteiger partial charge in [0.05, 0.1) is 6.10 Å². The molecule has 0 aromatic rings. The van der Waals surface area contributed by atoms with Crippen molar-refractivity contribution in [2.24, 2.45) is 0 Å². The van der Waals surface area contributed by atoms with E-state index in [1.165, 1.54) is 18.1 Å². The third kappa shape index (κ3) is 4.17. The van der Waals surface area contributed by atoms with Gasteiger partial charge in [0.25, 0.3) is 0 Å². The molecule has 0 rings (SSSR count). The van der Waals surface area contributed by atoms with Gasteiger partial charge in [-0.25, -0.2) is 0 Å². The predicted molar refractivity (Wildman–Crippen MR) is 73.7 cm³/mol. The molecule has 0 N–H and O–H groups in total. The maximum atomic E-state index is 6.23. The highest BCUT2D eigenvalue weighted by atomic mass is 79.9. The standard InChI is InChI=1S/C10H20Br2OSi/c1-5-14(6-2,7-3)13-9(4)10(12)8-11/h8-9H,5-7H2,1-4H3. The summed E-state index contributed by atoms with van der Waals surface area (Å²) in [6.07, 6.45) is 0.181. The lowest BCUT2D eigenvalue weighted by Crippen LogP contribution is -2.39. The van der Waals surface area contributed by atoms with Crippen molar-refractivity contribution < 1.29 is 4.43 Å². The van der Waals surface area contributed by atoms with Crippen molar-refractivity contribution in [1.82, 2.24) is 0 Å². The fraction of sp³-hybridized carbons (Fsp3) is 0.800. The van der Waals surface area contributed by atoms with E-state index in [2.05, 4.69) is 59.6 Å². The van der Waals surface area contributed by atoms with Crippen LogP contribution in [0.15, 0.2) is 9.47 Å². The van der Waals surface area contributed by atoms with Gasteiger partial charge in [0, 0.05) is 4.48 Å². The summed E-state index contributed by atoms with van der Waals surface area (Å²) in [6, 6.07) is 3.60. The molecule has 0 saturated carbocycles. The summed E-state index contributed by atoms with van der Waals surface area (Å²) in [5.41, 5.74) is 0. The van der Waals surface area contributed by atoms with E-state index < -0.39 is 8.32 Å². The van der Waals surface area contributed by atoms with E-state index in [1.807, 2.05) is 4.99 Å². The average Bonchev–Trinajstić information content (AvgIpc) is 2.24. The van der Waals surface area contributed by atoms with Gasteiger partial charge >= 0.3 is 0 Å². The lowest BCUT2D eigenvalue weighted by atomic mass is 10.4. The summed E-state index contributed by atoms with van der Waals surface area (Å²) in [4.78, 5) is 1.89. The lowest BCUT2D eigenvalue weighted by Gasteiger charge is -2.31. The second-order valence-corrected chi connectivity index (χ2v) is 9.59. The average molecular weight is 344 g/mol. The second-order valence-electron chi connectivity index (χ2n) is 3.50. The Morgan fingerprint density at radius 2 is 1.71 bits per heavy atom. The van der Waals surface area contributed by atoms with Crippen molar-refractivity contribution in [3.63, 3.8) is 0 Å². The zero-order chi connectivity index (χ0) is 11.2. The van der Waals surface area contributed by atoms with E-state index in [-0.39, 0.29) is 6.10 Å². The van der Waals surface area contributed by atoms with Crippen molar-refractivity contribution in [3.05, 3.63) is 9.47 Å². The number of halogens is 2. The van der Waals surface area contributed by atoms with Crippen LogP contribution in [-0.4, -0.2) is 14.4 Å². The molecule has 0 aliphatic heterocycles. The van der Waals surface area contributed by atoms with E-state index in [1.54, 1.807) is 0 Å². The van der Waals surface area contributed by atoms with Gasteiger partial charge in [0.15, 0.2) is 8.32 Å². The Morgan fingerprint density at radius 1 is 1.29 bits per heavy atom. The quantitative estimate of drug-likeness (QED) is 0.614. The molecule has 0 aromatic carbocycles. The van der Waals surface area contributed by atoms with Crippen LogP contribution in [-0.2, 0) is 4.43 Å². The maximum absolute atomic E-state index is 6.23. The molecule has 0 fully saturated rings. The molecule has 0 heterocycles. The first kappa shape index (κ1) is 14.9. The fourth-order valence-corrected chi connectivity index (χ4v) is 5.04. The van der Waals surface area contributed by atoms with Crippen LogP contribution in [0.5, 0.6) is 0 Å².